The van der Waals surface area contributed by atoms with Crippen molar-refractivity contribution in [3.63, 3.8) is 0 Å². The van der Waals surface area contributed by atoms with Gasteiger partial charge in [0.1, 0.15) is 0 Å². The highest BCUT2D eigenvalue weighted by Crippen LogP contribution is 2.43. The maximum absolute atomic E-state index is 3.56. The van der Waals surface area contributed by atoms with Crippen LogP contribution in [-0.4, -0.2) is 26.2 Å². The molecule has 0 bridgehead atoms. The molecule has 0 spiro atoms. The molecule has 3 aliphatic heterocycles. The molecule has 0 unspecified atom stereocenters. The van der Waals surface area contributed by atoms with E-state index in [1.165, 1.54) is 39.0 Å². The molecule has 2 nitrogen and oxygen atoms in total. The van der Waals surface area contributed by atoms with Gasteiger partial charge in [0.15, 0.2) is 0 Å². The average Bonchev–Trinajstić information content (AvgIpc) is 2.78. The van der Waals surface area contributed by atoms with Gasteiger partial charge in [-0.3, -0.25) is 0 Å². The van der Waals surface area contributed by atoms with E-state index in [0.29, 0.717) is 0 Å². The second-order valence-corrected chi connectivity index (χ2v) is 5.43. The Morgan fingerprint density at radius 2 is 2.06 bits per heavy atom. The van der Waals surface area contributed by atoms with Crippen LogP contribution in [0.3, 0.4) is 0 Å². The Balaban J connectivity index is 0.000000602. The molecule has 0 amide bonds. The number of nitrogens with zero attached hydrogens (tertiary/aromatic N) is 1. The fourth-order valence-corrected chi connectivity index (χ4v) is 3.82. The van der Waals surface area contributed by atoms with Gasteiger partial charge in [-0.2, -0.15) is 0 Å². The minimum atomic E-state index is 0. The van der Waals surface area contributed by atoms with Crippen molar-refractivity contribution in [2.24, 2.45) is 5.92 Å². The van der Waals surface area contributed by atoms with Gasteiger partial charge in [-0.25, -0.2) is 0 Å². The van der Waals surface area contributed by atoms with Gasteiger partial charge in [0.25, 0.3) is 0 Å². The van der Waals surface area contributed by atoms with Crippen LogP contribution in [0.4, 0.5) is 5.69 Å². The van der Waals surface area contributed by atoms with Crippen molar-refractivity contribution in [2.45, 2.75) is 18.8 Å². The molecule has 1 aromatic carbocycles. The first kappa shape index (κ1) is 14.0. The van der Waals surface area contributed by atoms with Crippen LogP contribution in [0.25, 0.3) is 0 Å². The molecule has 4 heteroatoms. The number of halogens is 2. The zero-order valence-corrected chi connectivity index (χ0v) is 12.0. The lowest BCUT2D eigenvalue weighted by Gasteiger charge is -2.41. The largest absolute Gasteiger partial charge is 0.371 e. The number of anilines is 1. The topological polar surface area (TPSA) is 15.3 Å². The summed E-state index contributed by atoms with van der Waals surface area (Å²) in [6.07, 6.45) is 2.62. The van der Waals surface area contributed by atoms with E-state index in [0.717, 1.165) is 11.8 Å². The van der Waals surface area contributed by atoms with Crippen LogP contribution in [0.15, 0.2) is 18.2 Å². The van der Waals surface area contributed by atoms with Gasteiger partial charge < -0.3 is 10.2 Å². The highest BCUT2D eigenvalue weighted by atomic mass is 35.5. The van der Waals surface area contributed by atoms with Gasteiger partial charge in [0.2, 0.25) is 0 Å². The highest BCUT2D eigenvalue weighted by Gasteiger charge is 2.38. The Bertz CT molecular complexity index is 436. The van der Waals surface area contributed by atoms with E-state index in [-0.39, 0.29) is 24.8 Å². The molecule has 18 heavy (non-hydrogen) atoms. The van der Waals surface area contributed by atoms with Gasteiger partial charge in [0.05, 0.1) is 0 Å². The van der Waals surface area contributed by atoms with Crippen LogP contribution < -0.4 is 10.2 Å². The summed E-state index contributed by atoms with van der Waals surface area (Å²) in [5, 5.41) is 3.56. The van der Waals surface area contributed by atoms with E-state index in [1.807, 2.05) is 0 Å². The first-order chi connectivity index (χ1) is 7.93. The highest BCUT2D eigenvalue weighted by molar-refractivity contribution is 5.85. The Hall–Kier alpha value is -0.440. The van der Waals surface area contributed by atoms with E-state index >= 15 is 0 Å². The molecule has 100 valence electrons. The molecular weight excluding hydrogens is 267 g/mol. The Labute approximate surface area is 121 Å². The van der Waals surface area contributed by atoms with Crippen molar-refractivity contribution in [1.82, 2.24) is 5.32 Å². The summed E-state index contributed by atoms with van der Waals surface area (Å²) in [6, 6.07) is 6.95. The lowest BCUT2D eigenvalue weighted by atomic mass is 9.80. The Morgan fingerprint density at radius 1 is 1.17 bits per heavy atom. The van der Waals surface area contributed by atoms with Crippen molar-refractivity contribution in [3.8, 4) is 0 Å². The number of benzene rings is 1. The van der Waals surface area contributed by atoms with Crippen LogP contribution >= 0.6 is 24.8 Å². The first-order valence-corrected chi connectivity index (χ1v) is 6.51. The molecule has 0 saturated carbocycles. The van der Waals surface area contributed by atoms with Gasteiger partial charge in [-0.15, -0.1) is 24.8 Å². The van der Waals surface area contributed by atoms with Crippen molar-refractivity contribution < 1.29 is 0 Å². The molecule has 0 aromatic heterocycles. The molecule has 1 saturated heterocycles. The quantitative estimate of drug-likeness (QED) is 0.789. The van der Waals surface area contributed by atoms with Crippen LogP contribution in [0.1, 0.15) is 23.5 Å². The van der Waals surface area contributed by atoms with Crippen LogP contribution in [0, 0.1) is 5.92 Å². The zero-order chi connectivity index (χ0) is 10.5. The van der Waals surface area contributed by atoms with E-state index in [4.69, 9.17) is 0 Å². The van der Waals surface area contributed by atoms with Crippen molar-refractivity contribution in [2.75, 3.05) is 31.1 Å². The second kappa shape index (κ2) is 5.28. The smallest absolute Gasteiger partial charge is 0.0434 e. The monoisotopic (exact) mass is 286 g/mol. The summed E-state index contributed by atoms with van der Waals surface area (Å²) in [4.78, 5) is 2.64. The Kier molecular flexibility index (Phi) is 4.10. The third-order valence-electron chi connectivity index (χ3n) is 4.54. The SMILES string of the molecule is Cl.Cl.c1cc2c3c(c1)[C@@H]1CNC[C@@H]1CN3CCC2. The normalized spacial score (nSPS) is 27.7. The molecule has 4 rings (SSSR count). The van der Waals surface area contributed by atoms with E-state index in [2.05, 4.69) is 28.4 Å². The summed E-state index contributed by atoms with van der Waals surface area (Å²) in [5.74, 6) is 1.63. The third-order valence-corrected chi connectivity index (χ3v) is 4.54. The molecular formula is C14H20Cl2N2. The summed E-state index contributed by atoms with van der Waals surface area (Å²) >= 11 is 0. The number of hydrogen-bond acceptors (Lipinski definition) is 2. The maximum atomic E-state index is 3.56. The van der Waals surface area contributed by atoms with Crippen LogP contribution in [-0.2, 0) is 6.42 Å². The molecule has 3 heterocycles. The average molecular weight is 287 g/mol. The number of nitrogens with one attached hydrogen (secondary N) is 1. The molecule has 1 aromatic rings. The zero-order valence-electron chi connectivity index (χ0n) is 10.4. The minimum Gasteiger partial charge on any atom is -0.371 e. The molecule has 1 N–H and O–H groups in total. The van der Waals surface area contributed by atoms with Gasteiger partial charge in [-0.05, 0) is 29.9 Å². The van der Waals surface area contributed by atoms with E-state index < -0.39 is 0 Å². The number of rotatable bonds is 0. The fraction of sp³-hybridized carbons (Fsp3) is 0.571. The summed E-state index contributed by atoms with van der Waals surface area (Å²) < 4.78 is 0. The molecule has 0 radical (unpaired) electrons. The van der Waals surface area contributed by atoms with Crippen LogP contribution in [0.2, 0.25) is 0 Å². The lowest BCUT2D eigenvalue weighted by molar-refractivity contribution is 0.470. The molecule has 3 aliphatic rings. The summed E-state index contributed by atoms with van der Waals surface area (Å²) in [5.41, 5.74) is 4.81. The number of aryl methyl sites for hydroxylation is 1. The number of para-hydroxylation sites is 1. The van der Waals surface area contributed by atoms with E-state index in [9.17, 15) is 0 Å². The standard InChI is InChI=1S/C14H18N2.2ClH/c1-3-10-4-2-6-16-9-11-7-15-8-13(11)12(5-1)14(10)16;;/h1,3,5,11,13,15H,2,4,6-9H2;2*1H/t11-,13-;;/m1../s1. The Morgan fingerprint density at radius 3 is 2.94 bits per heavy atom. The number of fused-ring (bicyclic) bond motifs is 2. The fourth-order valence-electron chi connectivity index (χ4n) is 3.82. The summed E-state index contributed by atoms with van der Waals surface area (Å²) in [6.45, 7) is 4.95. The van der Waals surface area contributed by atoms with Crippen molar-refractivity contribution in [1.29, 1.82) is 0 Å². The molecule has 0 aliphatic carbocycles. The van der Waals surface area contributed by atoms with Crippen molar-refractivity contribution >= 4 is 30.5 Å². The number of hydrogen-bond donors (Lipinski definition) is 1. The van der Waals surface area contributed by atoms with Crippen LogP contribution in [0.5, 0.6) is 0 Å². The minimum absolute atomic E-state index is 0. The lowest BCUT2D eigenvalue weighted by Crippen LogP contribution is -2.40. The van der Waals surface area contributed by atoms with Gasteiger partial charge in [-0.1, -0.05) is 18.2 Å². The predicted octanol–water partition coefficient (Wildman–Crippen LogP) is 2.60. The second-order valence-electron chi connectivity index (χ2n) is 5.43. The summed E-state index contributed by atoms with van der Waals surface area (Å²) in [7, 11) is 0. The van der Waals surface area contributed by atoms with Crippen molar-refractivity contribution in [3.05, 3.63) is 29.3 Å². The predicted molar refractivity (Wildman–Crippen MR) is 80.6 cm³/mol. The molecule has 2 atom stereocenters. The van der Waals surface area contributed by atoms with Gasteiger partial charge in [0, 0.05) is 37.8 Å². The van der Waals surface area contributed by atoms with E-state index in [1.54, 1.807) is 16.8 Å². The maximum Gasteiger partial charge on any atom is 0.0434 e. The van der Waals surface area contributed by atoms with Gasteiger partial charge >= 0.3 is 0 Å². The first-order valence-electron chi connectivity index (χ1n) is 6.51. The molecule has 1 fully saturated rings. The third kappa shape index (κ3) is 1.91.